The van der Waals surface area contributed by atoms with Crippen LogP contribution in [0.5, 0.6) is 0 Å². The van der Waals surface area contributed by atoms with Crippen LogP contribution in [-0.2, 0) is 22.4 Å². The number of aryl methyl sites for hydroxylation is 2. The van der Waals surface area contributed by atoms with Gasteiger partial charge in [0.2, 0.25) is 11.8 Å². The lowest BCUT2D eigenvalue weighted by atomic mass is 10.0. The van der Waals surface area contributed by atoms with Crippen molar-refractivity contribution in [2.45, 2.75) is 33.1 Å². The highest BCUT2D eigenvalue weighted by Crippen LogP contribution is 2.41. The standard InChI is InChI=1S/C22H26N2O2/c1-4-15-10-9-11-16(5-2)20(15)23-21(25)18-14-19(18)22(26)24(3)17-12-7-6-8-13-17/h6-13,18-19H,4-5,14H2,1-3H3,(H,23,25). The Morgan fingerprint density at radius 3 is 2.15 bits per heavy atom. The Bertz CT molecular complexity index is 779. The van der Waals surface area contributed by atoms with Crippen LogP contribution >= 0.6 is 0 Å². The first kappa shape index (κ1) is 18.2. The molecule has 1 N–H and O–H groups in total. The molecule has 2 unspecified atom stereocenters. The minimum absolute atomic E-state index is 0.0100. The van der Waals surface area contributed by atoms with Crippen molar-refractivity contribution < 1.29 is 9.59 Å². The van der Waals surface area contributed by atoms with E-state index >= 15 is 0 Å². The molecule has 0 radical (unpaired) electrons. The Morgan fingerprint density at radius 1 is 0.962 bits per heavy atom. The number of hydrogen-bond acceptors (Lipinski definition) is 2. The van der Waals surface area contributed by atoms with E-state index in [-0.39, 0.29) is 23.7 Å². The summed E-state index contributed by atoms with van der Waals surface area (Å²) in [6, 6.07) is 15.7. The van der Waals surface area contributed by atoms with Crippen LogP contribution < -0.4 is 10.2 Å². The van der Waals surface area contributed by atoms with Crippen molar-refractivity contribution in [3.63, 3.8) is 0 Å². The van der Waals surface area contributed by atoms with Crippen molar-refractivity contribution in [1.82, 2.24) is 0 Å². The summed E-state index contributed by atoms with van der Waals surface area (Å²) in [5.41, 5.74) is 4.07. The second kappa shape index (κ2) is 7.73. The molecule has 2 amide bonds. The van der Waals surface area contributed by atoms with E-state index in [1.807, 2.05) is 48.5 Å². The predicted molar refractivity (Wildman–Crippen MR) is 105 cm³/mol. The number of rotatable bonds is 6. The minimum Gasteiger partial charge on any atom is -0.325 e. The van der Waals surface area contributed by atoms with Gasteiger partial charge < -0.3 is 10.2 Å². The summed E-state index contributed by atoms with van der Waals surface area (Å²) in [7, 11) is 1.77. The fourth-order valence-electron chi connectivity index (χ4n) is 3.40. The molecule has 0 aliphatic heterocycles. The number of carbonyl (C=O) groups is 2. The first-order chi connectivity index (χ1) is 12.6. The number of amides is 2. The van der Waals surface area contributed by atoms with Crippen molar-refractivity contribution in [3.05, 3.63) is 59.7 Å². The zero-order valence-electron chi connectivity index (χ0n) is 15.7. The quantitative estimate of drug-likeness (QED) is 0.854. The van der Waals surface area contributed by atoms with Crippen LogP contribution in [0.25, 0.3) is 0 Å². The Balaban J connectivity index is 1.67. The normalized spacial score (nSPS) is 18.3. The summed E-state index contributed by atoms with van der Waals surface area (Å²) in [5, 5.41) is 3.10. The molecule has 4 nitrogen and oxygen atoms in total. The largest absolute Gasteiger partial charge is 0.325 e. The number of hydrogen-bond donors (Lipinski definition) is 1. The molecule has 2 aromatic rings. The molecule has 3 rings (SSSR count). The monoisotopic (exact) mass is 350 g/mol. The molecule has 0 saturated heterocycles. The Kier molecular flexibility index (Phi) is 5.40. The van der Waals surface area contributed by atoms with Gasteiger partial charge in [-0.3, -0.25) is 9.59 Å². The van der Waals surface area contributed by atoms with Crippen LogP contribution in [-0.4, -0.2) is 18.9 Å². The maximum atomic E-state index is 12.7. The molecule has 0 heterocycles. The Hall–Kier alpha value is -2.62. The van der Waals surface area contributed by atoms with Gasteiger partial charge in [0.25, 0.3) is 0 Å². The van der Waals surface area contributed by atoms with Crippen molar-refractivity contribution in [2.24, 2.45) is 11.8 Å². The lowest BCUT2D eigenvalue weighted by Crippen LogP contribution is -2.29. The number of nitrogens with one attached hydrogen (secondary N) is 1. The van der Waals surface area contributed by atoms with Gasteiger partial charge in [-0.15, -0.1) is 0 Å². The fourth-order valence-corrected chi connectivity index (χ4v) is 3.40. The molecule has 26 heavy (non-hydrogen) atoms. The van der Waals surface area contributed by atoms with E-state index in [1.54, 1.807) is 11.9 Å². The lowest BCUT2D eigenvalue weighted by Gasteiger charge is -2.17. The fraction of sp³-hybridized carbons (Fsp3) is 0.364. The highest BCUT2D eigenvalue weighted by atomic mass is 16.2. The molecular weight excluding hydrogens is 324 g/mol. The Labute approximate surface area is 155 Å². The van der Waals surface area contributed by atoms with Gasteiger partial charge in [0.15, 0.2) is 0 Å². The molecular formula is C22H26N2O2. The minimum atomic E-state index is -0.233. The third-order valence-corrected chi connectivity index (χ3v) is 5.17. The third-order valence-electron chi connectivity index (χ3n) is 5.17. The van der Waals surface area contributed by atoms with E-state index in [2.05, 4.69) is 19.2 Å². The van der Waals surface area contributed by atoms with E-state index < -0.39 is 0 Å². The summed E-state index contributed by atoms with van der Waals surface area (Å²) >= 11 is 0. The smallest absolute Gasteiger partial charge is 0.230 e. The van der Waals surface area contributed by atoms with Crippen LogP contribution in [0.3, 0.4) is 0 Å². The maximum absolute atomic E-state index is 12.7. The van der Waals surface area contributed by atoms with E-state index in [0.717, 1.165) is 35.3 Å². The summed E-state index contributed by atoms with van der Waals surface area (Å²) < 4.78 is 0. The summed E-state index contributed by atoms with van der Waals surface area (Å²) in [4.78, 5) is 27.0. The van der Waals surface area contributed by atoms with Crippen molar-refractivity contribution in [1.29, 1.82) is 0 Å². The van der Waals surface area contributed by atoms with Crippen molar-refractivity contribution in [3.8, 4) is 0 Å². The lowest BCUT2D eigenvalue weighted by molar-refractivity contribution is -0.123. The molecule has 1 saturated carbocycles. The van der Waals surface area contributed by atoms with Crippen LogP contribution in [0, 0.1) is 11.8 Å². The summed E-state index contributed by atoms with van der Waals surface area (Å²) in [6.45, 7) is 4.17. The molecule has 0 spiro atoms. The first-order valence-corrected chi connectivity index (χ1v) is 9.31. The van der Waals surface area contributed by atoms with Gasteiger partial charge in [-0.05, 0) is 42.5 Å². The van der Waals surface area contributed by atoms with E-state index in [0.29, 0.717) is 6.42 Å². The van der Waals surface area contributed by atoms with Crippen molar-refractivity contribution >= 4 is 23.2 Å². The van der Waals surface area contributed by atoms with E-state index in [1.165, 1.54) is 0 Å². The van der Waals surface area contributed by atoms with Crippen LogP contribution in [0.15, 0.2) is 48.5 Å². The van der Waals surface area contributed by atoms with E-state index in [9.17, 15) is 9.59 Å². The molecule has 2 atom stereocenters. The average Bonchev–Trinajstić information content (AvgIpc) is 3.48. The third kappa shape index (κ3) is 3.64. The highest BCUT2D eigenvalue weighted by molar-refractivity contribution is 6.04. The Morgan fingerprint density at radius 2 is 1.58 bits per heavy atom. The highest BCUT2D eigenvalue weighted by Gasteiger charge is 2.49. The van der Waals surface area contributed by atoms with Gasteiger partial charge in [0.1, 0.15) is 0 Å². The topological polar surface area (TPSA) is 49.4 Å². The van der Waals surface area contributed by atoms with Gasteiger partial charge in [0.05, 0.1) is 11.8 Å². The summed E-state index contributed by atoms with van der Waals surface area (Å²) in [6.07, 6.45) is 2.36. The molecule has 2 aromatic carbocycles. The van der Waals surface area contributed by atoms with Gasteiger partial charge in [-0.1, -0.05) is 50.2 Å². The van der Waals surface area contributed by atoms with Gasteiger partial charge >= 0.3 is 0 Å². The second-order valence-electron chi connectivity index (χ2n) is 6.83. The zero-order chi connectivity index (χ0) is 18.7. The van der Waals surface area contributed by atoms with E-state index in [4.69, 9.17) is 0 Å². The predicted octanol–water partition coefficient (Wildman–Crippen LogP) is 4.05. The molecule has 1 aliphatic carbocycles. The van der Waals surface area contributed by atoms with Gasteiger partial charge in [0, 0.05) is 18.4 Å². The summed E-state index contributed by atoms with van der Waals surface area (Å²) in [5.74, 6) is -0.487. The zero-order valence-corrected chi connectivity index (χ0v) is 15.7. The van der Waals surface area contributed by atoms with Crippen LogP contribution in [0.4, 0.5) is 11.4 Å². The number of nitrogens with zero attached hydrogens (tertiary/aromatic N) is 1. The van der Waals surface area contributed by atoms with Gasteiger partial charge in [-0.2, -0.15) is 0 Å². The second-order valence-corrected chi connectivity index (χ2v) is 6.83. The number of carbonyl (C=O) groups excluding carboxylic acids is 2. The molecule has 136 valence electrons. The maximum Gasteiger partial charge on any atom is 0.230 e. The number of anilines is 2. The number of benzene rings is 2. The van der Waals surface area contributed by atoms with Crippen molar-refractivity contribution in [2.75, 3.05) is 17.3 Å². The molecule has 0 bridgehead atoms. The molecule has 0 aromatic heterocycles. The molecule has 4 heteroatoms. The van der Waals surface area contributed by atoms with Crippen LogP contribution in [0.1, 0.15) is 31.4 Å². The first-order valence-electron chi connectivity index (χ1n) is 9.31. The van der Waals surface area contributed by atoms with Gasteiger partial charge in [-0.25, -0.2) is 0 Å². The SMILES string of the molecule is CCc1cccc(CC)c1NC(=O)C1CC1C(=O)N(C)c1ccccc1. The average molecular weight is 350 g/mol. The number of para-hydroxylation sites is 2. The molecule has 1 fully saturated rings. The van der Waals surface area contributed by atoms with Crippen LogP contribution in [0.2, 0.25) is 0 Å². The molecule has 1 aliphatic rings.